The first kappa shape index (κ1) is 73.2. The minimum Gasteiger partial charge on any atom is -0.309 e. The van der Waals surface area contributed by atoms with Crippen LogP contribution in [0.25, 0.3) is 187 Å². The van der Waals surface area contributed by atoms with Gasteiger partial charge in [-0.2, -0.15) is 0 Å². The third-order valence-electron chi connectivity index (χ3n) is 24.9. The lowest BCUT2D eigenvalue weighted by Crippen LogP contribution is -2.10. The fourth-order valence-corrected chi connectivity index (χ4v) is 18.8. The van der Waals surface area contributed by atoms with Gasteiger partial charge in [-0.1, -0.05) is 299 Å². The molecule has 0 saturated carbocycles. The largest absolute Gasteiger partial charge is 0.309 e. The van der Waals surface area contributed by atoms with Crippen molar-refractivity contribution in [3.05, 3.63) is 411 Å². The van der Waals surface area contributed by atoms with Crippen molar-refractivity contribution in [3.63, 3.8) is 0 Å². The van der Waals surface area contributed by atoms with Crippen LogP contribution in [0.5, 0.6) is 0 Å². The standard InChI is InChI=1S/2C40H32N2.C34H28N2/c1-40(2,3)29-19-21-31(22-20-29)42-36-15-9-7-13-32(36)34-23-17-28(26-39(34)42)27-18-24-38-35(25-27)33-14-8-10-16-37(33)41(38)30-11-5-4-6-12-30;1-40(2,3)29-19-21-31(22-20-29)42-37-16-10-8-14-33(37)35-26-28(18-24-39(35)42)27-17-23-38-34(25-27)32-13-7-9-15-36(32)41(38)30-11-5-4-6-12-30;1-34(2,3)23-16-18-24(19-17-23)35-30-13-7-6-12-28(30)29-21-20-25(22-33(29)35)36-31-14-8-4-10-26(31)27-11-5-9-15-32(27)36/h2*4-26H,1-3H3;4-22H,1-3H3. The highest BCUT2D eigenvalue weighted by Gasteiger charge is 2.24. The summed E-state index contributed by atoms with van der Waals surface area (Å²) in [6, 6.07) is 144. The van der Waals surface area contributed by atoms with Gasteiger partial charge in [0.1, 0.15) is 0 Å². The van der Waals surface area contributed by atoms with Crippen LogP contribution in [0.4, 0.5) is 0 Å². The molecule has 0 amide bonds. The molecule has 0 saturated heterocycles. The lowest BCUT2D eigenvalue weighted by atomic mass is 9.87. The molecule has 120 heavy (non-hydrogen) atoms. The van der Waals surface area contributed by atoms with Crippen molar-refractivity contribution in [2.45, 2.75) is 78.6 Å². The Hall–Kier alpha value is -14.5. The van der Waals surface area contributed by atoms with Gasteiger partial charge in [0, 0.05) is 98.8 Å². The zero-order valence-electron chi connectivity index (χ0n) is 69.2. The first-order valence-electron chi connectivity index (χ1n) is 42.0. The van der Waals surface area contributed by atoms with Crippen LogP contribution in [-0.4, -0.2) is 27.4 Å². The molecule has 0 fully saturated rings. The van der Waals surface area contributed by atoms with Gasteiger partial charge in [-0.3, -0.25) is 0 Å². The average Bonchev–Trinajstić information content (AvgIpc) is 1.63. The second-order valence-corrected chi connectivity index (χ2v) is 35.3. The quantitative estimate of drug-likeness (QED) is 0.145. The molecule has 6 aromatic heterocycles. The topological polar surface area (TPSA) is 29.6 Å². The lowest BCUT2D eigenvalue weighted by Gasteiger charge is -2.19. The number of fused-ring (bicyclic) bond motifs is 18. The van der Waals surface area contributed by atoms with E-state index in [9.17, 15) is 0 Å². The maximum Gasteiger partial charge on any atom is 0.0561 e. The second-order valence-electron chi connectivity index (χ2n) is 35.3. The molecule has 17 aromatic carbocycles. The summed E-state index contributed by atoms with van der Waals surface area (Å²) in [4.78, 5) is 0. The Kier molecular flexibility index (Phi) is 17.5. The van der Waals surface area contributed by atoms with Crippen molar-refractivity contribution in [3.8, 4) is 56.4 Å². The normalized spacial score (nSPS) is 12.2. The van der Waals surface area contributed by atoms with Gasteiger partial charge < -0.3 is 27.4 Å². The molecular weight excluding hydrogens is 1450 g/mol. The van der Waals surface area contributed by atoms with Crippen LogP contribution < -0.4 is 0 Å². The summed E-state index contributed by atoms with van der Waals surface area (Å²) in [6.45, 7) is 20.4. The highest BCUT2D eigenvalue weighted by Crippen LogP contribution is 2.44. The summed E-state index contributed by atoms with van der Waals surface area (Å²) in [7, 11) is 0. The fraction of sp³-hybridized carbons (Fsp3) is 0.105. The third-order valence-corrected chi connectivity index (χ3v) is 24.9. The van der Waals surface area contributed by atoms with Gasteiger partial charge in [-0.25, -0.2) is 0 Å². The van der Waals surface area contributed by atoms with E-state index in [2.05, 4.69) is 484 Å². The Bertz CT molecular complexity index is 7850. The molecule has 0 unspecified atom stereocenters. The van der Waals surface area contributed by atoms with Crippen LogP contribution in [0.2, 0.25) is 0 Å². The summed E-state index contributed by atoms with van der Waals surface area (Å²) >= 11 is 0. The second kappa shape index (κ2) is 28.7. The van der Waals surface area contributed by atoms with E-state index in [1.807, 2.05) is 0 Å². The van der Waals surface area contributed by atoms with Crippen LogP contribution in [0.15, 0.2) is 394 Å². The molecule has 578 valence electrons. The number of para-hydroxylation sites is 9. The maximum absolute atomic E-state index is 2.42. The predicted octanol–water partition coefficient (Wildman–Crippen LogP) is 30.9. The molecule has 0 aliphatic carbocycles. The van der Waals surface area contributed by atoms with Gasteiger partial charge in [0.15, 0.2) is 0 Å². The minimum absolute atomic E-state index is 0.120. The average molecular weight is 1550 g/mol. The van der Waals surface area contributed by atoms with Crippen molar-refractivity contribution >= 4 is 131 Å². The maximum atomic E-state index is 2.42. The summed E-state index contributed by atoms with van der Waals surface area (Å²) in [5, 5.41) is 15.3. The number of hydrogen-bond acceptors (Lipinski definition) is 0. The van der Waals surface area contributed by atoms with Crippen LogP contribution in [0.3, 0.4) is 0 Å². The summed E-state index contributed by atoms with van der Waals surface area (Å²) in [5.74, 6) is 0. The van der Waals surface area contributed by atoms with E-state index in [1.54, 1.807) is 0 Å². The van der Waals surface area contributed by atoms with E-state index in [0.717, 1.165) is 0 Å². The van der Waals surface area contributed by atoms with Gasteiger partial charge >= 0.3 is 0 Å². The molecule has 23 rings (SSSR count). The van der Waals surface area contributed by atoms with Crippen molar-refractivity contribution in [1.29, 1.82) is 0 Å². The smallest absolute Gasteiger partial charge is 0.0561 e. The summed E-state index contributed by atoms with van der Waals surface area (Å²) < 4.78 is 14.4. The molecule has 6 nitrogen and oxygen atoms in total. The van der Waals surface area contributed by atoms with Crippen molar-refractivity contribution in [2.75, 3.05) is 0 Å². The Morgan fingerprint density at radius 1 is 0.133 bits per heavy atom. The molecule has 0 N–H and O–H groups in total. The predicted molar refractivity (Wildman–Crippen MR) is 512 cm³/mol. The fourth-order valence-electron chi connectivity index (χ4n) is 18.8. The van der Waals surface area contributed by atoms with Gasteiger partial charge in [0.25, 0.3) is 0 Å². The van der Waals surface area contributed by atoms with Crippen LogP contribution in [0.1, 0.15) is 79.0 Å². The van der Waals surface area contributed by atoms with Gasteiger partial charge in [-0.15, -0.1) is 0 Å². The van der Waals surface area contributed by atoms with E-state index in [1.165, 1.54) is 204 Å². The molecule has 0 aliphatic heterocycles. The third kappa shape index (κ3) is 12.5. The van der Waals surface area contributed by atoms with Crippen molar-refractivity contribution < 1.29 is 0 Å². The minimum atomic E-state index is 0.120. The Morgan fingerprint density at radius 3 is 0.617 bits per heavy atom. The van der Waals surface area contributed by atoms with E-state index in [0.29, 0.717) is 0 Å². The van der Waals surface area contributed by atoms with Crippen molar-refractivity contribution in [1.82, 2.24) is 27.4 Å². The molecule has 6 heteroatoms. The Morgan fingerprint density at radius 2 is 0.325 bits per heavy atom. The van der Waals surface area contributed by atoms with E-state index >= 15 is 0 Å². The zero-order valence-corrected chi connectivity index (χ0v) is 69.2. The molecule has 0 spiro atoms. The van der Waals surface area contributed by atoms with E-state index < -0.39 is 0 Å². The first-order valence-corrected chi connectivity index (χ1v) is 42.0. The molecular formula is C114H92N6. The highest BCUT2D eigenvalue weighted by atomic mass is 15.0. The Balaban J connectivity index is 0.000000112. The molecule has 0 radical (unpaired) electrons. The number of nitrogens with zero attached hydrogens (tertiary/aromatic N) is 6. The SMILES string of the molecule is CC(C)(C)c1ccc(-n2c3ccccc3c3cc(-c4ccc5c(c4)c4ccccc4n5-c4ccccc4)ccc32)cc1.CC(C)(C)c1ccc(-n2c3ccccc3c3ccc(-c4ccc5c(c4)c4ccccc4n5-c4ccccc4)cc32)cc1.CC(C)(C)c1ccc(-n2c3ccccc3c3ccc(-n4c5ccccc5c5ccccc54)cc32)cc1. The number of benzene rings is 17. The van der Waals surface area contributed by atoms with Crippen LogP contribution in [-0.2, 0) is 16.2 Å². The molecule has 6 heterocycles. The van der Waals surface area contributed by atoms with Gasteiger partial charge in [-0.05, 0) is 213 Å². The summed E-state index contributed by atoms with van der Waals surface area (Å²) in [6.07, 6.45) is 0. The van der Waals surface area contributed by atoms with Gasteiger partial charge in [0.05, 0.1) is 66.2 Å². The van der Waals surface area contributed by atoms with Crippen LogP contribution in [0, 0.1) is 0 Å². The molecule has 0 atom stereocenters. The number of hydrogen-bond donors (Lipinski definition) is 0. The Labute approximate surface area is 699 Å². The molecule has 23 aromatic rings. The monoisotopic (exact) mass is 1540 g/mol. The van der Waals surface area contributed by atoms with E-state index in [-0.39, 0.29) is 16.2 Å². The number of rotatable bonds is 8. The number of aromatic nitrogens is 6. The first-order chi connectivity index (χ1) is 58.4. The van der Waals surface area contributed by atoms with Crippen LogP contribution >= 0.6 is 0 Å². The van der Waals surface area contributed by atoms with Crippen molar-refractivity contribution in [2.24, 2.45) is 0 Å². The lowest BCUT2D eigenvalue weighted by molar-refractivity contribution is 0.590. The van der Waals surface area contributed by atoms with E-state index in [4.69, 9.17) is 0 Å². The zero-order chi connectivity index (χ0) is 81.3. The highest BCUT2D eigenvalue weighted by molar-refractivity contribution is 6.16. The molecule has 0 bridgehead atoms. The molecule has 0 aliphatic rings. The van der Waals surface area contributed by atoms with Gasteiger partial charge in [0.2, 0.25) is 0 Å². The summed E-state index contributed by atoms with van der Waals surface area (Å²) in [5.41, 5.74) is 31.1.